The lowest BCUT2D eigenvalue weighted by atomic mass is 9.86. The number of rotatable bonds is 0. The highest BCUT2D eigenvalue weighted by atomic mass is 32.2. The molecule has 0 saturated heterocycles. The van der Waals surface area contributed by atoms with Crippen LogP contribution in [-0.2, 0) is 4.79 Å². The van der Waals surface area contributed by atoms with Crippen LogP contribution in [0.25, 0.3) is 0 Å². The van der Waals surface area contributed by atoms with Gasteiger partial charge in [-0.2, -0.15) is 0 Å². The van der Waals surface area contributed by atoms with Gasteiger partial charge in [-0.1, -0.05) is 49.0 Å². The van der Waals surface area contributed by atoms with E-state index in [9.17, 15) is 4.79 Å². The Hall–Kier alpha value is -1.28. The van der Waals surface area contributed by atoms with Crippen molar-refractivity contribution in [1.29, 1.82) is 0 Å². The first kappa shape index (κ1) is 9.91. The number of Topliss-reactive ketones (excluding diaryl/α,β-unsaturated/α-hetero) is 1. The number of allylic oxidation sites excluding steroid dienone is 3. The molecule has 1 nitrogen and oxygen atoms in total. The van der Waals surface area contributed by atoms with Crippen LogP contribution in [0.4, 0.5) is 0 Å². The van der Waals surface area contributed by atoms with Crippen molar-refractivity contribution in [2.24, 2.45) is 0 Å². The van der Waals surface area contributed by atoms with Crippen LogP contribution in [0.2, 0.25) is 0 Å². The van der Waals surface area contributed by atoms with Crippen molar-refractivity contribution >= 4 is 17.5 Å². The number of hydrogen-bond donors (Lipinski definition) is 0. The molecule has 2 aliphatic rings. The van der Waals surface area contributed by atoms with Crippen LogP contribution >= 0.6 is 11.8 Å². The summed E-state index contributed by atoms with van der Waals surface area (Å²) in [6.07, 6.45) is 4.62. The van der Waals surface area contributed by atoms with Crippen molar-refractivity contribution in [3.63, 3.8) is 0 Å². The maximum absolute atomic E-state index is 11.9. The Morgan fingerprint density at radius 2 is 2.12 bits per heavy atom. The molecule has 16 heavy (non-hydrogen) atoms. The first-order valence-corrected chi connectivity index (χ1v) is 6.29. The zero-order valence-corrected chi connectivity index (χ0v) is 9.88. The molecule has 1 heterocycles. The predicted octanol–water partition coefficient (Wildman–Crippen LogP) is 3.68. The minimum absolute atomic E-state index is 0.241. The van der Waals surface area contributed by atoms with Crippen molar-refractivity contribution in [2.75, 3.05) is 0 Å². The summed E-state index contributed by atoms with van der Waals surface area (Å²) in [6, 6.07) is 8.36. The van der Waals surface area contributed by atoms with Gasteiger partial charge in [0.1, 0.15) is 0 Å². The molecule has 0 N–H and O–H groups in total. The number of ketones is 1. The van der Waals surface area contributed by atoms with Crippen LogP contribution < -0.4 is 0 Å². The van der Waals surface area contributed by atoms with Crippen molar-refractivity contribution in [3.05, 3.63) is 52.5 Å². The van der Waals surface area contributed by atoms with Gasteiger partial charge in [-0.15, -0.1) is 0 Å². The van der Waals surface area contributed by atoms with Crippen LogP contribution in [-0.4, -0.2) is 5.78 Å². The van der Waals surface area contributed by atoms with E-state index in [1.807, 2.05) is 12.1 Å². The highest BCUT2D eigenvalue weighted by Crippen LogP contribution is 2.46. The van der Waals surface area contributed by atoms with E-state index >= 15 is 0 Å². The third-order valence-corrected chi connectivity index (χ3v) is 4.34. The number of carbonyl (C=O) groups is 1. The maximum atomic E-state index is 11.9. The Morgan fingerprint density at radius 3 is 3.00 bits per heavy atom. The van der Waals surface area contributed by atoms with Gasteiger partial charge >= 0.3 is 0 Å². The molecule has 0 radical (unpaired) electrons. The molecule has 0 saturated carbocycles. The first-order chi connectivity index (χ1) is 7.77. The smallest absolute Gasteiger partial charge is 0.164 e. The summed E-state index contributed by atoms with van der Waals surface area (Å²) in [6.45, 7) is 2.13. The summed E-state index contributed by atoms with van der Waals surface area (Å²) in [5, 5.41) is 0. The Kier molecular flexibility index (Phi) is 2.25. The Balaban J connectivity index is 2.16. The number of carbonyl (C=O) groups excluding carboxylic acids is 1. The van der Waals surface area contributed by atoms with Crippen LogP contribution in [0.1, 0.15) is 24.8 Å². The first-order valence-electron chi connectivity index (χ1n) is 5.48. The molecule has 0 amide bonds. The van der Waals surface area contributed by atoms with E-state index in [0.29, 0.717) is 6.42 Å². The molecule has 1 atom stereocenters. The van der Waals surface area contributed by atoms with E-state index in [1.54, 1.807) is 11.8 Å². The number of benzene rings is 1. The molecule has 1 unspecified atom stereocenters. The second-order valence-corrected chi connectivity index (χ2v) is 5.25. The minimum Gasteiger partial charge on any atom is -0.294 e. The van der Waals surface area contributed by atoms with E-state index in [-0.39, 0.29) is 11.7 Å². The summed E-state index contributed by atoms with van der Waals surface area (Å²) in [4.78, 5) is 14.4. The van der Waals surface area contributed by atoms with E-state index < -0.39 is 0 Å². The highest BCUT2D eigenvalue weighted by molar-refractivity contribution is 8.03. The van der Waals surface area contributed by atoms with Gasteiger partial charge < -0.3 is 0 Å². The van der Waals surface area contributed by atoms with Gasteiger partial charge in [0, 0.05) is 27.7 Å². The monoisotopic (exact) mass is 228 g/mol. The third-order valence-electron chi connectivity index (χ3n) is 3.18. The summed E-state index contributed by atoms with van der Waals surface area (Å²) in [7, 11) is 0. The molecule has 0 fully saturated rings. The number of thioether (sulfide) groups is 1. The van der Waals surface area contributed by atoms with Crippen molar-refractivity contribution in [2.45, 2.75) is 24.2 Å². The lowest BCUT2D eigenvalue weighted by Crippen LogP contribution is -2.16. The zero-order valence-electron chi connectivity index (χ0n) is 9.07. The molecule has 2 heteroatoms. The third kappa shape index (κ3) is 1.37. The summed E-state index contributed by atoms with van der Waals surface area (Å²) >= 11 is 1.72. The molecular weight excluding hydrogens is 216 g/mol. The fraction of sp³-hybridized carbons (Fsp3) is 0.214. The van der Waals surface area contributed by atoms with Crippen molar-refractivity contribution in [1.82, 2.24) is 0 Å². The van der Waals surface area contributed by atoms with Gasteiger partial charge in [-0.05, 0) is 11.6 Å². The van der Waals surface area contributed by atoms with E-state index in [4.69, 9.17) is 0 Å². The van der Waals surface area contributed by atoms with E-state index in [2.05, 4.69) is 31.2 Å². The van der Waals surface area contributed by atoms with Gasteiger partial charge in [-0.25, -0.2) is 0 Å². The van der Waals surface area contributed by atoms with Crippen LogP contribution in [0.5, 0.6) is 0 Å². The largest absolute Gasteiger partial charge is 0.294 e. The minimum atomic E-state index is 0.241. The lowest BCUT2D eigenvalue weighted by molar-refractivity contribution is -0.115. The summed E-state index contributed by atoms with van der Waals surface area (Å²) in [5.41, 5.74) is 2.29. The highest BCUT2D eigenvalue weighted by Gasteiger charge is 2.29. The Labute approximate surface area is 99.2 Å². The van der Waals surface area contributed by atoms with Crippen molar-refractivity contribution < 1.29 is 4.79 Å². The van der Waals surface area contributed by atoms with Gasteiger partial charge in [-0.3, -0.25) is 4.79 Å². The summed E-state index contributed by atoms with van der Waals surface area (Å²) < 4.78 is 0. The van der Waals surface area contributed by atoms with Crippen LogP contribution in [0.3, 0.4) is 0 Å². The van der Waals surface area contributed by atoms with Gasteiger partial charge in [0.2, 0.25) is 0 Å². The molecule has 1 aromatic carbocycles. The molecule has 0 aromatic heterocycles. The van der Waals surface area contributed by atoms with Gasteiger partial charge in [0.25, 0.3) is 0 Å². The summed E-state index contributed by atoms with van der Waals surface area (Å²) in [5.74, 6) is 0.525. The molecule has 80 valence electrons. The SMILES string of the molecule is CC1C2=C(C=CCC2=O)Sc2ccccc21. The molecule has 1 aliphatic carbocycles. The van der Waals surface area contributed by atoms with E-state index in [1.165, 1.54) is 10.5 Å². The van der Waals surface area contributed by atoms with Crippen LogP contribution in [0.15, 0.2) is 51.8 Å². The second kappa shape index (κ2) is 3.63. The predicted molar refractivity (Wildman–Crippen MR) is 66.5 cm³/mol. The molecule has 3 rings (SSSR count). The average molecular weight is 228 g/mol. The molecular formula is C14H12OS. The zero-order chi connectivity index (χ0) is 11.1. The molecule has 0 spiro atoms. The van der Waals surface area contributed by atoms with Gasteiger partial charge in [0.15, 0.2) is 5.78 Å². The number of fused-ring (bicyclic) bond motifs is 1. The van der Waals surface area contributed by atoms with Crippen molar-refractivity contribution in [3.8, 4) is 0 Å². The average Bonchev–Trinajstić information content (AvgIpc) is 2.29. The number of hydrogen-bond acceptors (Lipinski definition) is 2. The normalized spacial score (nSPS) is 23.1. The fourth-order valence-electron chi connectivity index (χ4n) is 2.36. The Morgan fingerprint density at radius 1 is 1.31 bits per heavy atom. The van der Waals surface area contributed by atoms with E-state index in [0.717, 1.165) is 10.5 Å². The van der Waals surface area contributed by atoms with Gasteiger partial charge in [0.05, 0.1) is 0 Å². The Bertz CT molecular complexity index is 525. The molecule has 0 bridgehead atoms. The standard InChI is InChI=1S/C14H12OS/c1-9-10-5-2-3-7-12(10)16-13-8-4-6-11(15)14(9)13/h2-5,7-9H,6H2,1H3. The molecule has 1 aromatic rings. The molecule has 1 aliphatic heterocycles. The fourth-order valence-corrected chi connectivity index (χ4v) is 3.67. The quantitative estimate of drug-likeness (QED) is 0.673. The van der Waals surface area contributed by atoms with Crippen LogP contribution in [0, 0.1) is 0 Å². The maximum Gasteiger partial charge on any atom is 0.164 e. The topological polar surface area (TPSA) is 17.1 Å². The second-order valence-electron chi connectivity index (χ2n) is 4.17. The lowest BCUT2D eigenvalue weighted by Gasteiger charge is -2.27.